The molecule has 2 nitrogen and oxygen atoms in total. The fraction of sp³-hybridized carbons (Fsp3) is 0.500. The Hall–Kier alpha value is -0.860. The van der Waals surface area contributed by atoms with E-state index in [1.54, 1.807) is 0 Å². The average molecular weight is 193 g/mol. The van der Waals surface area contributed by atoms with E-state index in [4.69, 9.17) is 5.11 Å². The van der Waals surface area contributed by atoms with Gasteiger partial charge in [-0.15, -0.1) is 0 Å². The Morgan fingerprint density at radius 2 is 2.00 bits per heavy atom. The first-order valence-electron chi connectivity index (χ1n) is 5.25. The van der Waals surface area contributed by atoms with Gasteiger partial charge in [-0.05, 0) is 12.0 Å². The van der Waals surface area contributed by atoms with Crippen molar-refractivity contribution < 1.29 is 5.11 Å². The number of hydrogen-bond donors (Lipinski definition) is 2. The molecule has 1 aromatic rings. The zero-order valence-corrected chi connectivity index (χ0v) is 8.74. The second-order valence-corrected chi connectivity index (χ2v) is 3.53. The first kappa shape index (κ1) is 11.2. The summed E-state index contributed by atoms with van der Waals surface area (Å²) in [6.07, 6.45) is 2.14. The molecule has 0 fully saturated rings. The maximum atomic E-state index is 9.07. The van der Waals surface area contributed by atoms with Gasteiger partial charge in [0.1, 0.15) is 0 Å². The van der Waals surface area contributed by atoms with E-state index in [1.807, 2.05) is 18.2 Å². The standard InChI is InChI=1S/C12H19NO/c1-2-6-12(10-14)13-9-11-7-4-3-5-8-11/h3-5,7-8,12-14H,2,6,9-10H2,1H3/t12-/m0/s1. The van der Waals surface area contributed by atoms with Gasteiger partial charge in [0.05, 0.1) is 6.61 Å². The molecule has 2 N–H and O–H groups in total. The minimum atomic E-state index is 0.223. The van der Waals surface area contributed by atoms with Crippen LogP contribution in [0.1, 0.15) is 25.3 Å². The minimum Gasteiger partial charge on any atom is -0.395 e. The summed E-state index contributed by atoms with van der Waals surface area (Å²) >= 11 is 0. The molecule has 0 amide bonds. The molecule has 0 aliphatic carbocycles. The summed E-state index contributed by atoms with van der Waals surface area (Å²) in [5.41, 5.74) is 1.27. The molecule has 1 aromatic carbocycles. The van der Waals surface area contributed by atoms with E-state index in [0.717, 1.165) is 19.4 Å². The quantitative estimate of drug-likeness (QED) is 0.723. The van der Waals surface area contributed by atoms with E-state index >= 15 is 0 Å². The molecule has 2 heteroatoms. The van der Waals surface area contributed by atoms with Crippen LogP contribution < -0.4 is 5.32 Å². The first-order chi connectivity index (χ1) is 6.86. The van der Waals surface area contributed by atoms with Crippen LogP contribution >= 0.6 is 0 Å². The lowest BCUT2D eigenvalue weighted by molar-refractivity contribution is 0.234. The SMILES string of the molecule is CCC[C@@H](CO)NCc1ccccc1. The van der Waals surface area contributed by atoms with Crippen LogP contribution in [0.15, 0.2) is 30.3 Å². The topological polar surface area (TPSA) is 32.3 Å². The van der Waals surface area contributed by atoms with Crippen molar-refractivity contribution in [3.63, 3.8) is 0 Å². The maximum absolute atomic E-state index is 9.07. The van der Waals surface area contributed by atoms with Crippen LogP contribution in [0.4, 0.5) is 0 Å². The Labute approximate surface area is 86.0 Å². The highest BCUT2D eigenvalue weighted by atomic mass is 16.3. The van der Waals surface area contributed by atoms with E-state index in [0.29, 0.717) is 0 Å². The average Bonchev–Trinajstić information content (AvgIpc) is 2.25. The monoisotopic (exact) mass is 193 g/mol. The molecule has 0 saturated carbocycles. The minimum absolute atomic E-state index is 0.223. The van der Waals surface area contributed by atoms with Gasteiger partial charge in [0.2, 0.25) is 0 Å². The molecule has 0 saturated heterocycles. The van der Waals surface area contributed by atoms with Gasteiger partial charge in [0.25, 0.3) is 0 Å². The highest BCUT2D eigenvalue weighted by Crippen LogP contribution is 2.00. The third-order valence-corrected chi connectivity index (χ3v) is 2.30. The summed E-state index contributed by atoms with van der Waals surface area (Å²) in [5, 5.41) is 12.4. The molecular formula is C12H19NO. The van der Waals surface area contributed by atoms with Gasteiger partial charge in [0.15, 0.2) is 0 Å². The first-order valence-corrected chi connectivity index (χ1v) is 5.25. The summed E-state index contributed by atoms with van der Waals surface area (Å²) in [4.78, 5) is 0. The largest absolute Gasteiger partial charge is 0.395 e. The second-order valence-electron chi connectivity index (χ2n) is 3.53. The molecule has 1 atom stereocenters. The van der Waals surface area contributed by atoms with Gasteiger partial charge in [-0.3, -0.25) is 0 Å². The normalized spacial score (nSPS) is 12.7. The van der Waals surface area contributed by atoms with Gasteiger partial charge in [-0.1, -0.05) is 43.7 Å². The van der Waals surface area contributed by atoms with Gasteiger partial charge in [-0.25, -0.2) is 0 Å². The zero-order chi connectivity index (χ0) is 10.2. The van der Waals surface area contributed by atoms with E-state index in [2.05, 4.69) is 24.4 Å². The van der Waals surface area contributed by atoms with Crippen LogP contribution in [0.5, 0.6) is 0 Å². The highest BCUT2D eigenvalue weighted by Gasteiger charge is 2.04. The predicted molar refractivity (Wildman–Crippen MR) is 59.1 cm³/mol. The number of hydrogen-bond acceptors (Lipinski definition) is 2. The molecule has 0 bridgehead atoms. The number of benzene rings is 1. The summed E-state index contributed by atoms with van der Waals surface area (Å²) in [7, 11) is 0. The lowest BCUT2D eigenvalue weighted by Crippen LogP contribution is -2.31. The van der Waals surface area contributed by atoms with Crippen LogP contribution in [-0.2, 0) is 6.54 Å². The molecule has 0 aromatic heterocycles. The molecule has 78 valence electrons. The van der Waals surface area contributed by atoms with Gasteiger partial charge in [-0.2, -0.15) is 0 Å². The van der Waals surface area contributed by atoms with Crippen LogP contribution in [-0.4, -0.2) is 17.8 Å². The van der Waals surface area contributed by atoms with Crippen molar-refractivity contribution in [2.75, 3.05) is 6.61 Å². The van der Waals surface area contributed by atoms with Crippen LogP contribution in [0.3, 0.4) is 0 Å². The maximum Gasteiger partial charge on any atom is 0.0584 e. The third kappa shape index (κ3) is 3.90. The molecule has 0 heterocycles. The van der Waals surface area contributed by atoms with Crippen LogP contribution in [0.25, 0.3) is 0 Å². The lowest BCUT2D eigenvalue weighted by atomic mass is 10.1. The number of aliphatic hydroxyl groups is 1. The van der Waals surface area contributed by atoms with Crippen LogP contribution in [0, 0.1) is 0 Å². The van der Waals surface area contributed by atoms with E-state index in [9.17, 15) is 0 Å². The Balaban J connectivity index is 2.32. The number of nitrogens with one attached hydrogen (secondary N) is 1. The second kappa shape index (κ2) is 6.57. The van der Waals surface area contributed by atoms with Crippen LogP contribution in [0.2, 0.25) is 0 Å². The molecule has 1 rings (SSSR count). The smallest absolute Gasteiger partial charge is 0.0584 e. The van der Waals surface area contributed by atoms with Crippen molar-refractivity contribution in [3.05, 3.63) is 35.9 Å². The van der Waals surface area contributed by atoms with E-state index in [-0.39, 0.29) is 12.6 Å². The van der Waals surface area contributed by atoms with Crippen molar-refractivity contribution in [1.82, 2.24) is 5.32 Å². The molecule has 0 radical (unpaired) electrons. The summed E-state index contributed by atoms with van der Waals surface area (Å²) in [6.45, 7) is 3.19. The van der Waals surface area contributed by atoms with Crippen molar-refractivity contribution in [2.24, 2.45) is 0 Å². The molecule has 0 aliphatic heterocycles. The summed E-state index contributed by atoms with van der Waals surface area (Å²) in [5.74, 6) is 0. The Morgan fingerprint density at radius 1 is 1.29 bits per heavy atom. The fourth-order valence-electron chi connectivity index (χ4n) is 1.46. The van der Waals surface area contributed by atoms with E-state index in [1.165, 1.54) is 5.56 Å². The number of rotatable bonds is 6. The number of aliphatic hydroxyl groups excluding tert-OH is 1. The predicted octanol–water partition coefficient (Wildman–Crippen LogP) is 1.94. The summed E-state index contributed by atoms with van der Waals surface area (Å²) in [6, 6.07) is 10.5. The molecule has 0 aliphatic rings. The fourth-order valence-corrected chi connectivity index (χ4v) is 1.46. The van der Waals surface area contributed by atoms with Gasteiger partial charge in [0, 0.05) is 12.6 Å². The Morgan fingerprint density at radius 3 is 2.57 bits per heavy atom. The lowest BCUT2D eigenvalue weighted by Gasteiger charge is -2.14. The van der Waals surface area contributed by atoms with E-state index < -0.39 is 0 Å². The van der Waals surface area contributed by atoms with Gasteiger partial charge < -0.3 is 10.4 Å². The van der Waals surface area contributed by atoms with Crippen molar-refractivity contribution in [3.8, 4) is 0 Å². The molecular weight excluding hydrogens is 174 g/mol. The highest BCUT2D eigenvalue weighted by molar-refractivity contribution is 5.14. The third-order valence-electron chi connectivity index (χ3n) is 2.30. The van der Waals surface area contributed by atoms with Crippen molar-refractivity contribution in [2.45, 2.75) is 32.4 Å². The Kier molecular flexibility index (Phi) is 5.27. The van der Waals surface area contributed by atoms with Crippen molar-refractivity contribution >= 4 is 0 Å². The summed E-state index contributed by atoms with van der Waals surface area (Å²) < 4.78 is 0. The Bertz CT molecular complexity index is 235. The molecule has 0 unspecified atom stereocenters. The zero-order valence-electron chi connectivity index (χ0n) is 8.74. The molecule has 0 spiro atoms. The molecule has 14 heavy (non-hydrogen) atoms. The van der Waals surface area contributed by atoms with Gasteiger partial charge >= 0.3 is 0 Å². The van der Waals surface area contributed by atoms with Crippen molar-refractivity contribution in [1.29, 1.82) is 0 Å².